The van der Waals surface area contributed by atoms with E-state index in [0.29, 0.717) is 6.42 Å². The molecule has 0 aromatic heterocycles. The fraction of sp³-hybridized carbons (Fsp3) is 0.417. The summed E-state index contributed by atoms with van der Waals surface area (Å²) in [6, 6.07) is 2.22. The zero-order chi connectivity index (χ0) is 14.9. The van der Waals surface area contributed by atoms with E-state index in [1.807, 2.05) is 0 Å². The van der Waals surface area contributed by atoms with Gasteiger partial charge in [-0.25, -0.2) is 12.8 Å². The number of aliphatic carboxylic acids is 1. The Hall–Kier alpha value is -1.67. The molecule has 1 fully saturated rings. The van der Waals surface area contributed by atoms with Crippen LogP contribution in [0.3, 0.4) is 0 Å². The smallest absolute Gasteiger partial charge is 0.322 e. The van der Waals surface area contributed by atoms with Crippen molar-refractivity contribution in [2.45, 2.75) is 23.8 Å². The van der Waals surface area contributed by atoms with Crippen molar-refractivity contribution in [3.05, 3.63) is 24.0 Å². The van der Waals surface area contributed by atoms with Gasteiger partial charge in [0.05, 0.1) is 7.11 Å². The Balaban J connectivity index is 2.42. The van der Waals surface area contributed by atoms with E-state index in [-0.39, 0.29) is 18.7 Å². The largest absolute Gasteiger partial charge is 0.497 e. The van der Waals surface area contributed by atoms with E-state index in [2.05, 4.69) is 0 Å². The summed E-state index contributed by atoms with van der Waals surface area (Å²) in [6.45, 7) is 0.0742. The van der Waals surface area contributed by atoms with Gasteiger partial charge in [-0.15, -0.1) is 0 Å². The van der Waals surface area contributed by atoms with Crippen molar-refractivity contribution in [3.8, 4) is 5.75 Å². The van der Waals surface area contributed by atoms with Gasteiger partial charge in [-0.1, -0.05) is 0 Å². The quantitative estimate of drug-likeness (QED) is 0.899. The van der Waals surface area contributed by atoms with Crippen LogP contribution in [0.15, 0.2) is 23.1 Å². The van der Waals surface area contributed by atoms with E-state index in [4.69, 9.17) is 9.84 Å². The maximum absolute atomic E-state index is 13.9. The van der Waals surface area contributed by atoms with Crippen molar-refractivity contribution in [1.82, 2.24) is 4.31 Å². The number of carbonyl (C=O) groups is 1. The van der Waals surface area contributed by atoms with Gasteiger partial charge in [-0.2, -0.15) is 4.31 Å². The summed E-state index contributed by atoms with van der Waals surface area (Å²) >= 11 is 0. The van der Waals surface area contributed by atoms with Gasteiger partial charge in [0.25, 0.3) is 0 Å². The first-order valence-electron chi connectivity index (χ1n) is 5.96. The van der Waals surface area contributed by atoms with Gasteiger partial charge in [-0.3, -0.25) is 4.79 Å². The second-order valence-corrected chi connectivity index (χ2v) is 6.27. The number of halogens is 1. The summed E-state index contributed by atoms with van der Waals surface area (Å²) in [4.78, 5) is 10.5. The molecular weight excluding hydrogens is 289 g/mol. The first kappa shape index (κ1) is 14.7. The number of rotatable bonds is 4. The second kappa shape index (κ2) is 5.37. The van der Waals surface area contributed by atoms with Crippen molar-refractivity contribution >= 4 is 16.0 Å². The van der Waals surface area contributed by atoms with Crippen molar-refractivity contribution in [2.24, 2.45) is 0 Å². The molecule has 0 spiro atoms. The average molecular weight is 303 g/mol. The first-order chi connectivity index (χ1) is 9.37. The van der Waals surface area contributed by atoms with Crippen molar-refractivity contribution in [1.29, 1.82) is 0 Å². The minimum Gasteiger partial charge on any atom is -0.497 e. The normalized spacial score (nSPS) is 20.0. The van der Waals surface area contributed by atoms with Gasteiger partial charge >= 0.3 is 5.97 Å². The fourth-order valence-corrected chi connectivity index (χ4v) is 3.92. The van der Waals surface area contributed by atoms with E-state index >= 15 is 0 Å². The third-order valence-corrected chi connectivity index (χ3v) is 5.16. The molecule has 1 N–H and O–H groups in total. The number of nitrogens with zero attached hydrogens (tertiary/aromatic N) is 1. The Bertz CT molecular complexity index is 631. The molecule has 1 heterocycles. The fourth-order valence-electron chi connectivity index (χ4n) is 2.22. The zero-order valence-corrected chi connectivity index (χ0v) is 11.6. The van der Waals surface area contributed by atoms with Crippen LogP contribution in [0.2, 0.25) is 0 Å². The van der Waals surface area contributed by atoms with Crippen LogP contribution >= 0.6 is 0 Å². The SMILES string of the molecule is COc1ccc(S(=O)(=O)N2CCCC2C(=O)O)c(F)c1. The molecule has 6 nitrogen and oxygen atoms in total. The highest BCUT2D eigenvalue weighted by molar-refractivity contribution is 7.89. The first-order valence-corrected chi connectivity index (χ1v) is 7.40. The molecule has 1 atom stereocenters. The van der Waals surface area contributed by atoms with Crippen LogP contribution in [0, 0.1) is 5.82 Å². The molecule has 0 radical (unpaired) electrons. The monoisotopic (exact) mass is 303 g/mol. The van der Waals surface area contributed by atoms with Gasteiger partial charge in [0.2, 0.25) is 10.0 Å². The third kappa shape index (κ3) is 2.48. The number of carboxylic acid groups (broad SMARTS) is 1. The van der Waals surface area contributed by atoms with Crippen LogP contribution in [0.5, 0.6) is 5.75 Å². The lowest BCUT2D eigenvalue weighted by atomic mass is 10.2. The number of methoxy groups -OCH3 is 1. The molecule has 0 saturated carbocycles. The lowest BCUT2D eigenvalue weighted by Gasteiger charge is -2.21. The Labute approximate surface area is 115 Å². The van der Waals surface area contributed by atoms with Crippen LogP contribution in [-0.4, -0.2) is 43.5 Å². The predicted octanol–water partition coefficient (Wildman–Crippen LogP) is 1.07. The van der Waals surface area contributed by atoms with Crippen LogP contribution < -0.4 is 4.74 Å². The number of sulfonamides is 1. The van der Waals surface area contributed by atoms with E-state index in [1.54, 1.807) is 0 Å². The summed E-state index contributed by atoms with van der Waals surface area (Å²) in [5.74, 6) is -1.99. The number of hydrogen-bond donors (Lipinski definition) is 1. The van der Waals surface area contributed by atoms with E-state index in [1.165, 1.54) is 13.2 Å². The summed E-state index contributed by atoms with van der Waals surface area (Å²) in [5, 5.41) is 9.03. The summed E-state index contributed by atoms with van der Waals surface area (Å²) < 4.78 is 44.2. The predicted molar refractivity (Wildman–Crippen MR) is 67.5 cm³/mol. The molecule has 1 unspecified atom stereocenters. The van der Waals surface area contributed by atoms with Crippen LogP contribution in [0.4, 0.5) is 4.39 Å². The molecular formula is C12H14FNO5S. The summed E-state index contributed by atoms with van der Waals surface area (Å²) in [7, 11) is -2.83. The minimum absolute atomic E-state index is 0.0742. The molecule has 1 aliphatic rings. The second-order valence-electron chi connectivity index (χ2n) is 4.41. The molecule has 8 heteroatoms. The molecule has 0 amide bonds. The Morgan fingerprint density at radius 2 is 2.20 bits per heavy atom. The molecule has 1 aromatic carbocycles. The zero-order valence-electron chi connectivity index (χ0n) is 10.7. The van der Waals surface area contributed by atoms with Gasteiger partial charge in [-0.05, 0) is 25.0 Å². The lowest BCUT2D eigenvalue weighted by Crippen LogP contribution is -2.40. The van der Waals surface area contributed by atoms with Crippen LogP contribution in [0.1, 0.15) is 12.8 Å². The van der Waals surface area contributed by atoms with Gasteiger partial charge in [0.1, 0.15) is 22.5 Å². The molecule has 1 saturated heterocycles. The Kier molecular flexibility index (Phi) is 3.96. The van der Waals surface area contributed by atoms with Gasteiger partial charge < -0.3 is 9.84 Å². The lowest BCUT2D eigenvalue weighted by molar-refractivity contribution is -0.140. The van der Waals surface area contributed by atoms with E-state index in [9.17, 15) is 17.6 Å². The van der Waals surface area contributed by atoms with Crippen molar-refractivity contribution in [2.75, 3.05) is 13.7 Å². The highest BCUT2D eigenvalue weighted by Crippen LogP contribution is 2.29. The average Bonchev–Trinajstić information content (AvgIpc) is 2.88. The standard InChI is InChI=1S/C12H14FNO5S/c1-19-8-4-5-11(9(13)7-8)20(17,18)14-6-2-3-10(14)12(15)16/h4-5,7,10H,2-3,6H2,1H3,(H,15,16). The molecule has 1 aliphatic heterocycles. The van der Waals surface area contributed by atoms with Crippen molar-refractivity contribution < 1.29 is 27.4 Å². The number of benzene rings is 1. The molecule has 2 rings (SSSR count). The van der Waals surface area contributed by atoms with Crippen LogP contribution in [0.25, 0.3) is 0 Å². The van der Waals surface area contributed by atoms with Gasteiger partial charge in [0.15, 0.2) is 0 Å². The molecule has 1 aromatic rings. The molecule has 20 heavy (non-hydrogen) atoms. The minimum atomic E-state index is -4.17. The summed E-state index contributed by atoms with van der Waals surface area (Å²) in [5.41, 5.74) is 0. The molecule has 0 aliphatic carbocycles. The molecule has 110 valence electrons. The Morgan fingerprint density at radius 3 is 2.75 bits per heavy atom. The van der Waals surface area contributed by atoms with E-state index in [0.717, 1.165) is 16.4 Å². The maximum Gasteiger partial charge on any atom is 0.322 e. The molecule has 0 bridgehead atoms. The third-order valence-electron chi connectivity index (χ3n) is 3.21. The maximum atomic E-state index is 13.9. The number of carboxylic acids is 1. The van der Waals surface area contributed by atoms with Crippen molar-refractivity contribution in [3.63, 3.8) is 0 Å². The Morgan fingerprint density at radius 1 is 1.50 bits per heavy atom. The topological polar surface area (TPSA) is 83.9 Å². The van der Waals surface area contributed by atoms with Crippen LogP contribution in [-0.2, 0) is 14.8 Å². The number of ether oxygens (including phenoxy) is 1. The van der Waals surface area contributed by atoms with E-state index < -0.39 is 32.7 Å². The number of hydrogen-bond acceptors (Lipinski definition) is 4. The highest BCUT2D eigenvalue weighted by atomic mass is 32.2. The highest BCUT2D eigenvalue weighted by Gasteiger charge is 2.40. The van der Waals surface area contributed by atoms with Gasteiger partial charge in [0, 0.05) is 12.6 Å². The summed E-state index contributed by atoms with van der Waals surface area (Å²) in [6.07, 6.45) is 0.667.